The van der Waals surface area contributed by atoms with Gasteiger partial charge in [-0.3, -0.25) is 0 Å². The summed E-state index contributed by atoms with van der Waals surface area (Å²) < 4.78 is 12.3. The molecule has 1 saturated carbocycles. The predicted molar refractivity (Wildman–Crippen MR) is 107 cm³/mol. The van der Waals surface area contributed by atoms with Crippen LogP contribution in [0.3, 0.4) is 0 Å². The van der Waals surface area contributed by atoms with E-state index in [1.54, 1.807) is 0 Å². The highest BCUT2D eigenvalue weighted by Crippen LogP contribution is 2.50. The standard InChI is InChI=1S/C23H33NO3/c1-3-26-20-10-9-17(15-21(20)27-19-7-5-4-6-8-19)23-12-11-18(25)16-22(23)24(2)14-13-23/h9-10,15-16,18-19,25H,3-8,11-14H2,1-2H3/t18-,23-/m0/s1. The molecule has 4 nitrogen and oxygen atoms in total. The molecular formula is C23H33NO3. The summed E-state index contributed by atoms with van der Waals surface area (Å²) >= 11 is 0. The Morgan fingerprint density at radius 2 is 1.93 bits per heavy atom. The van der Waals surface area contributed by atoms with Crippen LogP contribution < -0.4 is 9.47 Å². The SMILES string of the molecule is CCOc1ccc([C@@]23CC[C@H](O)C=C2N(C)CC3)cc1OC1CCCCC1. The van der Waals surface area contributed by atoms with E-state index in [-0.39, 0.29) is 11.5 Å². The van der Waals surface area contributed by atoms with Crippen LogP contribution in [0.1, 0.15) is 63.9 Å². The van der Waals surface area contributed by atoms with Crippen molar-refractivity contribution in [3.8, 4) is 11.5 Å². The monoisotopic (exact) mass is 371 g/mol. The fourth-order valence-electron chi connectivity index (χ4n) is 5.14. The van der Waals surface area contributed by atoms with Crippen LogP contribution in [0, 0.1) is 0 Å². The fourth-order valence-corrected chi connectivity index (χ4v) is 5.14. The Kier molecular flexibility index (Phi) is 5.36. The maximum atomic E-state index is 10.2. The van der Waals surface area contributed by atoms with Gasteiger partial charge in [0.05, 0.1) is 18.8 Å². The van der Waals surface area contributed by atoms with E-state index in [9.17, 15) is 5.11 Å². The molecule has 3 aliphatic rings. The molecule has 0 aromatic heterocycles. The molecule has 1 aliphatic heterocycles. The summed E-state index contributed by atoms with van der Waals surface area (Å²) in [5, 5.41) is 10.2. The smallest absolute Gasteiger partial charge is 0.161 e. The Bertz CT molecular complexity index is 695. The van der Waals surface area contributed by atoms with E-state index < -0.39 is 0 Å². The number of ether oxygens (including phenoxy) is 2. The molecule has 4 heteroatoms. The minimum absolute atomic E-state index is 0.00337. The van der Waals surface area contributed by atoms with E-state index in [0.717, 1.165) is 50.1 Å². The number of allylic oxidation sites excluding steroid dienone is 1. The summed E-state index contributed by atoms with van der Waals surface area (Å²) in [6.45, 7) is 3.70. The molecule has 1 aromatic rings. The van der Waals surface area contributed by atoms with Gasteiger partial charge in [-0.1, -0.05) is 12.5 Å². The van der Waals surface area contributed by atoms with Gasteiger partial charge in [0, 0.05) is 24.7 Å². The molecule has 148 valence electrons. The molecule has 1 saturated heterocycles. The maximum Gasteiger partial charge on any atom is 0.161 e. The summed E-state index contributed by atoms with van der Waals surface area (Å²) in [7, 11) is 2.14. The third-order valence-corrected chi connectivity index (χ3v) is 6.63. The van der Waals surface area contributed by atoms with Crippen LogP contribution in [0.4, 0.5) is 0 Å². The van der Waals surface area contributed by atoms with Gasteiger partial charge < -0.3 is 19.5 Å². The van der Waals surface area contributed by atoms with Crippen molar-refractivity contribution in [3.05, 3.63) is 35.5 Å². The average molecular weight is 372 g/mol. The van der Waals surface area contributed by atoms with Crippen LogP contribution in [0.5, 0.6) is 11.5 Å². The number of hydrogen-bond donors (Lipinski definition) is 1. The molecule has 0 unspecified atom stereocenters. The lowest BCUT2D eigenvalue weighted by Gasteiger charge is -2.37. The Morgan fingerprint density at radius 1 is 1.11 bits per heavy atom. The number of aliphatic hydroxyl groups excluding tert-OH is 1. The second kappa shape index (κ2) is 7.75. The van der Waals surface area contributed by atoms with Gasteiger partial charge in [-0.15, -0.1) is 0 Å². The third-order valence-electron chi connectivity index (χ3n) is 6.63. The van der Waals surface area contributed by atoms with Gasteiger partial charge in [0.2, 0.25) is 0 Å². The van der Waals surface area contributed by atoms with Crippen molar-refractivity contribution in [1.82, 2.24) is 4.90 Å². The van der Waals surface area contributed by atoms with Crippen molar-refractivity contribution < 1.29 is 14.6 Å². The molecule has 2 fully saturated rings. The lowest BCUT2D eigenvalue weighted by molar-refractivity contribution is 0.147. The first kappa shape index (κ1) is 18.7. The predicted octanol–water partition coefficient (Wildman–Crippen LogP) is 4.41. The van der Waals surface area contributed by atoms with E-state index in [0.29, 0.717) is 12.7 Å². The number of nitrogens with zero attached hydrogens (tertiary/aromatic N) is 1. The Labute approximate surface area is 163 Å². The molecule has 2 aliphatic carbocycles. The maximum absolute atomic E-state index is 10.2. The second-order valence-electron chi connectivity index (χ2n) is 8.38. The van der Waals surface area contributed by atoms with E-state index in [1.165, 1.54) is 30.5 Å². The third kappa shape index (κ3) is 3.56. The van der Waals surface area contributed by atoms with Crippen molar-refractivity contribution in [2.24, 2.45) is 0 Å². The van der Waals surface area contributed by atoms with Gasteiger partial charge in [-0.25, -0.2) is 0 Å². The minimum atomic E-state index is -0.325. The molecule has 0 bridgehead atoms. The van der Waals surface area contributed by atoms with Crippen molar-refractivity contribution in [3.63, 3.8) is 0 Å². The van der Waals surface area contributed by atoms with Crippen LogP contribution in [0.2, 0.25) is 0 Å². The topological polar surface area (TPSA) is 41.9 Å². The molecule has 1 N–H and O–H groups in total. The van der Waals surface area contributed by atoms with Crippen LogP contribution in [0.15, 0.2) is 30.0 Å². The van der Waals surface area contributed by atoms with Gasteiger partial charge in [0.1, 0.15) is 0 Å². The van der Waals surface area contributed by atoms with Gasteiger partial charge in [0.15, 0.2) is 11.5 Å². The molecule has 0 amide bonds. The van der Waals surface area contributed by atoms with Crippen molar-refractivity contribution in [2.45, 2.75) is 75.9 Å². The Balaban J connectivity index is 1.68. The summed E-state index contributed by atoms with van der Waals surface area (Å²) in [4.78, 5) is 2.31. The number of hydrogen-bond acceptors (Lipinski definition) is 4. The van der Waals surface area contributed by atoms with Gasteiger partial charge >= 0.3 is 0 Å². The fraction of sp³-hybridized carbons (Fsp3) is 0.652. The van der Waals surface area contributed by atoms with Crippen LogP contribution in [0.25, 0.3) is 0 Å². The van der Waals surface area contributed by atoms with Gasteiger partial charge in [0.25, 0.3) is 0 Å². The lowest BCUT2D eigenvalue weighted by Crippen LogP contribution is -2.33. The molecule has 27 heavy (non-hydrogen) atoms. The molecule has 4 rings (SSSR count). The molecule has 0 radical (unpaired) electrons. The summed E-state index contributed by atoms with van der Waals surface area (Å²) in [5.41, 5.74) is 2.58. The van der Waals surface area contributed by atoms with Crippen molar-refractivity contribution >= 4 is 0 Å². The normalized spacial score (nSPS) is 28.6. The molecular weight excluding hydrogens is 338 g/mol. The molecule has 1 aromatic carbocycles. The van der Waals surface area contributed by atoms with Gasteiger partial charge in [-0.2, -0.15) is 0 Å². The van der Waals surface area contributed by atoms with Crippen molar-refractivity contribution in [2.75, 3.05) is 20.2 Å². The van der Waals surface area contributed by atoms with Crippen LogP contribution in [-0.2, 0) is 5.41 Å². The number of aliphatic hydroxyl groups is 1. The number of fused-ring (bicyclic) bond motifs is 1. The van der Waals surface area contributed by atoms with E-state index in [4.69, 9.17) is 9.47 Å². The first-order valence-electron chi connectivity index (χ1n) is 10.7. The Morgan fingerprint density at radius 3 is 2.70 bits per heavy atom. The summed E-state index contributed by atoms with van der Waals surface area (Å²) in [6.07, 6.45) is 11.1. The summed E-state index contributed by atoms with van der Waals surface area (Å²) in [6, 6.07) is 6.53. The summed E-state index contributed by atoms with van der Waals surface area (Å²) in [5.74, 6) is 1.76. The minimum Gasteiger partial charge on any atom is -0.490 e. The number of likely N-dealkylation sites (N-methyl/N-ethyl adjacent to an activating group) is 1. The highest BCUT2D eigenvalue weighted by atomic mass is 16.5. The van der Waals surface area contributed by atoms with E-state index >= 15 is 0 Å². The number of benzene rings is 1. The number of rotatable bonds is 5. The zero-order valence-corrected chi connectivity index (χ0v) is 16.7. The lowest BCUT2D eigenvalue weighted by atomic mass is 9.70. The van der Waals surface area contributed by atoms with Crippen LogP contribution >= 0.6 is 0 Å². The highest BCUT2D eigenvalue weighted by Gasteiger charge is 2.45. The number of likely N-dealkylation sites (tertiary alicyclic amines) is 1. The first-order valence-corrected chi connectivity index (χ1v) is 10.7. The quantitative estimate of drug-likeness (QED) is 0.832. The first-order chi connectivity index (χ1) is 13.1. The molecule has 2 atom stereocenters. The molecule has 0 spiro atoms. The van der Waals surface area contributed by atoms with E-state index in [1.807, 2.05) is 6.92 Å². The van der Waals surface area contributed by atoms with Gasteiger partial charge in [-0.05, 0) is 75.6 Å². The zero-order valence-electron chi connectivity index (χ0n) is 16.7. The van der Waals surface area contributed by atoms with Crippen LogP contribution in [-0.4, -0.2) is 42.4 Å². The zero-order chi connectivity index (χ0) is 18.9. The highest BCUT2D eigenvalue weighted by molar-refractivity contribution is 5.49. The van der Waals surface area contributed by atoms with E-state index in [2.05, 4.69) is 36.2 Å². The van der Waals surface area contributed by atoms with Crippen molar-refractivity contribution in [1.29, 1.82) is 0 Å². The molecule has 1 heterocycles. The average Bonchev–Trinajstić information content (AvgIpc) is 3.02. The Hall–Kier alpha value is -1.68. The largest absolute Gasteiger partial charge is 0.490 e. The second-order valence-corrected chi connectivity index (χ2v) is 8.38.